The molecular weight excluding hydrogens is 292 g/mol. The van der Waals surface area contributed by atoms with Gasteiger partial charge >= 0.3 is 0 Å². The lowest BCUT2D eigenvalue weighted by Gasteiger charge is -2.07. The summed E-state index contributed by atoms with van der Waals surface area (Å²) in [7, 11) is 0. The third kappa shape index (κ3) is 2.66. The van der Waals surface area contributed by atoms with Crippen LogP contribution in [-0.4, -0.2) is 0 Å². The van der Waals surface area contributed by atoms with Gasteiger partial charge in [-0.05, 0) is 40.5 Å². The maximum absolute atomic E-state index is 13.4. The van der Waals surface area contributed by atoms with Crippen molar-refractivity contribution in [2.75, 3.05) is 5.32 Å². The zero-order chi connectivity index (χ0) is 12.4. The Morgan fingerprint density at radius 2 is 2.06 bits per heavy atom. The van der Waals surface area contributed by atoms with Crippen molar-refractivity contribution in [3.63, 3.8) is 0 Å². The van der Waals surface area contributed by atoms with E-state index in [-0.39, 0.29) is 10.2 Å². The van der Waals surface area contributed by atoms with E-state index in [9.17, 15) is 8.78 Å². The molecule has 17 heavy (non-hydrogen) atoms. The third-order valence-corrected chi connectivity index (χ3v) is 3.03. The molecule has 0 bridgehead atoms. The molecule has 2 nitrogen and oxygen atoms in total. The topological polar surface area (TPSA) is 25.2 Å². The van der Waals surface area contributed by atoms with Gasteiger partial charge in [-0.2, -0.15) is 0 Å². The molecule has 1 heterocycles. The van der Waals surface area contributed by atoms with E-state index >= 15 is 0 Å². The standard InChI is InChI=1S/C12H10BrF2NO/c1-7-2-3-17-12(7)6-16-11-4-8(13)9(14)5-10(11)15/h2-5,16H,6H2,1H3. The number of hydrogen-bond donors (Lipinski definition) is 1. The number of halogens is 3. The minimum Gasteiger partial charge on any atom is -0.467 e. The fourth-order valence-electron chi connectivity index (χ4n) is 1.42. The monoisotopic (exact) mass is 301 g/mol. The molecule has 0 spiro atoms. The molecule has 0 aliphatic carbocycles. The highest BCUT2D eigenvalue weighted by Crippen LogP contribution is 2.24. The van der Waals surface area contributed by atoms with Crippen LogP contribution < -0.4 is 5.32 Å². The molecule has 2 rings (SSSR count). The smallest absolute Gasteiger partial charge is 0.149 e. The highest BCUT2D eigenvalue weighted by Gasteiger charge is 2.09. The van der Waals surface area contributed by atoms with Crippen molar-refractivity contribution >= 4 is 21.6 Å². The van der Waals surface area contributed by atoms with Crippen LogP contribution in [0.15, 0.2) is 33.4 Å². The van der Waals surface area contributed by atoms with E-state index < -0.39 is 11.6 Å². The molecule has 0 radical (unpaired) electrons. The van der Waals surface area contributed by atoms with Gasteiger partial charge in [0.25, 0.3) is 0 Å². The average Bonchev–Trinajstić information content (AvgIpc) is 2.68. The Balaban J connectivity index is 2.14. The molecule has 0 atom stereocenters. The molecule has 5 heteroatoms. The summed E-state index contributed by atoms with van der Waals surface area (Å²) in [6, 6.07) is 4.03. The van der Waals surface area contributed by atoms with Crippen LogP contribution in [-0.2, 0) is 6.54 Å². The minimum atomic E-state index is -0.630. The van der Waals surface area contributed by atoms with E-state index in [0.717, 1.165) is 17.4 Å². The van der Waals surface area contributed by atoms with E-state index in [1.807, 2.05) is 13.0 Å². The lowest BCUT2D eigenvalue weighted by atomic mass is 10.2. The van der Waals surface area contributed by atoms with Crippen LogP contribution in [0.2, 0.25) is 0 Å². The summed E-state index contributed by atoms with van der Waals surface area (Å²) >= 11 is 3.01. The molecule has 1 N–H and O–H groups in total. The largest absolute Gasteiger partial charge is 0.467 e. The molecule has 1 aromatic heterocycles. The zero-order valence-corrected chi connectivity index (χ0v) is 10.6. The van der Waals surface area contributed by atoms with Gasteiger partial charge in [0.05, 0.1) is 23.0 Å². The fourth-order valence-corrected chi connectivity index (χ4v) is 1.76. The summed E-state index contributed by atoms with van der Waals surface area (Å²) in [5, 5.41) is 2.86. The second-order valence-corrected chi connectivity index (χ2v) is 4.48. The van der Waals surface area contributed by atoms with Crippen LogP contribution in [0.3, 0.4) is 0 Å². The van der Waals surface area contributed by atoms with E-state index in [2.05, 4.69) is 21.2 Å². The zero-order valence-electron chi connectivity index (χ0n) is 9.06. The van der Waals surface area contributed by atoms with E-state index in [1.54, 1.807) is 6.26 Å². The SMILES string of the molecule is Cc1ccoc1CNc1cc(Br)c(F)cc1F. The first-order chi connectivity index (χ1) is 8.08. The Morgan fingerprint density at radius 3 is 2.71 bits per heavy atom. The molecule has 0 fully saturated rings. The first kappa shape index (κ1) is 12.1. The molecular formula is C12H10BrF2NO. The van der Waals surface area contributed by atoms with Crippen LogP contribution in [0.4, 0.5) is 14.5 Å². The number of benzene rings is 1. The Hall–Kier alpha value is -1.36. The summed E-state index contributed by atoms with van der Waals surface area (Å²) in [5.74, 6) is -0.526. The predicted octanol–water partition coefficient (Wildman–Crippen LogP) is 4.24. The second-order valence-electron chi connectivity index (χ2n) is 3.63. The first-order valence-corrected chi connectivity index (χ1v) is 5.78. The van der Waals surface area contributed by atoms with Gasteiger partial charge in [-0.25, -0.2) is 8.78 Å². The lowest BCUT2D eigenvalue weighted by molar-refractivity contribution is 0.514. The summed E-state index contributed by atoms with van der Waals surface area (Å²) in [4.78, 5) is 0. The average molecular weight is 302 g/mol. The van der Waals surface area contributed by atoms with Crippen molar-refractivity contribution in [3.05, 3.63) is 51.9 Å². The van der Waals surface area contributed by atoms with Gasteiger partial charge in [0.15, 0.2) is 0 Å². The number of anilines is 1. The van der Waals surface area contributed by atoms with Crippen LogP contribution >= 0.6 is 15.9 Å². The van der Waals surface area contributed by atoms with Crippen molar-refractivity contribution < 1.29 is 13.2 Å². The summed E-state index contributed by atoms with van der Waals surface area (Å²) < 4.78 is 31.8. The van der Waals surface area contributed by atoms with Crippen LogP contribution in [0.1, 0.15) is 11.3 Å². The van der Waals surface area contributed by atoms with Gasteiger partial charge in [-0.3, -0.25) is 0 Å². The molecule has 1 aromatic carbocycles. The van der Waals surface area contributed by atoms with Crippen molar-refractivity contribution in [2.45, 2.75) is 13.5 Å². The number of furan rings is 1. The van der Waals surface area contributed by atoms with Crippen LogP contribution in [0.5, 0.6) is 0 Å². The Bertz CT molecular complexity index is 539. The van der Waals surface area contributed by atoms with Gasteiger partial charge < -0.3 is 9.73 Å². The van der Waals surface area contributed by atoms with Gasteiger partial charge in [-0.15, -0.1) is 0 Å². The summed E-state index contributed by atoms with van der Waals surface area (Å²) in [6.45, 7) is 2.26. The molecule has 0 amide bonds. The van der Waals surface area contributed by atoms with Gasteiger partial charge in [-0.1, -0.05) is 0 Å². The number of hydrogen-bond acceptors (Lipinski definition) is 2. The van der Waals surface area contributed by atoms with Crippen molar-refractivity contribution in [2.24, 2.45) is 0 Å². The maximum Gasteiger partial charge on any atom is 0.149 e. The highest BCUT2D eigenvalue weighted by atomic mass is 79.9. The molecule has 90 valence electrons. The molecule has 0 saturated heterocycles. The van der Waals surface area contributed by atoms with E-state index in [1.165, 1.54) is 6.07 Å². The van der Waals surface area contributed by atoms with Gasteiger partial charge in [0.2, 0.25) is 0 Å². The Labute approximate surface area is 106 Å². The van der Waals surface area contributed by atoms with Crippen molar-refractivity contribution in [1.82, 2.24) is 0 Å². The lowest BCUT2D eigenvalue weighted by Crippen LogP contribution is -2.02. The molecule has 0 aliphatic rings. The molecule has 0 aliphatic heterocycles. The summed E-state index contributed by atoms with van der Waals surface area (Å²) in [6.07, 6.45) is 1.57. The highest BCUT2D eigenvalue weighted by molar-refractivity contribution is 9.10. The van der Waals surface area contributed by atoms with E-state index in [4.69, 9.17) is 4.42 Å². The van der Waals surface area contributed by atoms with Gasteiger partial charge in [0, 0.05) is 6.07 Å². The Kier molecular flexibility index (Phi) is 3.47. The Morgan fingerprint density at radius 1 is 1.29 bits per heavy atom. The van der Waals surface area contributed by atoms with Crippen LogP contribution in [0, 0.1) is 18.6 Å². The summed E-state index contributed by atoms with van der Waals surface area (Å²) in [5.41, 5.74) is 1.22. The van der Waals surface area contributed by atoms with Crippen LogP contribution in [0.25, 0.3) is 0 Å². The fraction of sp³-hybridized carbons (Fsp3) is 0.167. The molecule has 0 unspecified atom stereocenters. The minimum absolute atomic E-state index is 0.220. The second kappa shape index (κ2) is 4.87. The normalized spacial score (nSPS) is 10.6. The molecule has 0 saturated carbocycles. The first-order valence-electron chi connectivity index (χ1n) is 4.99. The quantitative estimate of drug-likeness (QED) is 0.858. The van der Waals surface area contributed by atoms with Crippen molar-refractivity contribution in [1.29, 1.82) is 0 Å². The maximum atomic E-state index is 13.4. The number of aryl methyl sites for hydroxylation is 1. The third-order valence-electron chi connectivity index (χ3n) is 2.42. The number of nitrogens with one attached hydrogen (secondary N) is 1. The number of rotatable bonds is 3. The predicted molar refractivity (Wildman–Crippen MR) is 64.8 cm³/mol. The van der Waals surface area contributed by atoms with E-state index in [0.29, 0.717) is 6.54 Å². The van der Waals surface area contributed by atoms with Gasteiger partial charge in [0.1, 0.15) is 17.4 Å². The van der Waals surface area contributed by atoms with Crippen molar-refractivity contribution in [3.8, 4) is 0 Å². The molecule has 2 aromatic rings.